The molecule has 0 saturated heterocycles. The van der Waals surface area contributed by atoms with Crippen LogP contribution in [0.15, 0.2) is 166 Å². The first-order valence-electron chi connectivity index (χ1n) is 38.3. The second kappa shape index (κ2) is 45.0. The molecule has 35 heteroatoms. The highest BCUT2D eigenvalue weighted by atomic mass is 35.5. The van der Waals surface area contributed by atoms with Gasteiger partial charge in [0, 0.05) is 79.4 Å². The molecule has 0 saturated carbocycles. The zero-order valence-corrected chi connectivity index (χ0v) is 70.2. The van der Waals surface area contributed by atoms with E-state index in [0.717, 1.165) is 75.0 Å². The number of Topliss-reactive ketones (excluding diaryl/α,β-unsaturated/α-hetero) is 1. The van der Waals surface area contributed by atoms with E-state index in [4.69, 9.17) is 51.2 Å². The summed E-state index contributed by atoms with van der Waals surface area (Å²) in [5.74, 6) is -0.399. The second-order valence-electron chi connectivity index (χ2n) is 27.4. The first-order chi connectivity index (χ1) is 56.7. The molecule has 119 heavy (non-hydrogen) atoms. The molecule has 0 aliphatic heterocycles. The minimum Gasteiger partial charge on any atom is -0.506 e. The van der Waals surface area contributed by atoms with Crippen molar-refractivity contribution in [3.63, 3.8) is 0 Å². The number of fused-ring (bicyclic) bond motifs is 3. The molecule has 7 aromatic carbocycles. The van der Waals surface area contributed by atoms with E-state index in [9.17, 15) is 47.7 Å². The van der Waals surface area contributed by atoms with Crippen molar-refractivity contribution in [1.29, 1.82) is 0 Å². The quantitative estimate of drug-likeness (QED) is 0.00839. The van der Waals surface area contributed by atoms with Gasteiger partial charge < -0.3 is 54.5 Å². The summed E-state index contributed by atoms with van der Waals surface area (Å²) >= 11 is 10.6. The molecule has 4 unspecified atom stereocenters. The third kappa shape index (κ3) is 25.0. The van der Waals surface area contributed by atoms with Gasteiger partial charge >= 0.3 is 11.4 Å². The standard InChI is InChI=1S/C34H47ClN6O6S.C28H27ClN4O5.C16H17NO4.C6H6N4O.H2O/c1-7-9-10-11-12-29(46-27-15-13-22(3)19-23(27)4)34(42)37-26-14-16-28(45-18-17-44-8-2)30(20-26)47-48(43)36-21-24(5)32-38-33-31(35)25(6)39-41(33)40-32;1-4-38-33-28(37)32(27(36)31(33)17-20-8-6-5-7-9-20)24(25(34)21-13-10-18(2)11-14-21)26(35)30-23-16-19(3)12-15-22(23)29;1-21-9-3-8-17-16(20)14-7-6-12-11(10-18)4-2-5-13(12)15(14)19;1-4-2-5(11)10-6(9-4)7-3-8-10;/h13-16,19-20,24,29,36,39H,7-12,17-18,21H2,1-6H3,(H,37,42);5-16,24H,4,17H2,1-3H3,(H,30,35);2,4-7,10,19H,3,8-9H2,1H3,(H,17,20);2-3H,1H3,(H,7,8,9);1H2. The summed E-state index contributed by atoms with van der Waals surface area (Å²) in [5, 5.41) is 30.5. The van der Waals surface area contributed by atoms with Crippen molar-refractivity contribution >= 4 is 97.8 Å². The molecule has 5 heterocycles. The number of carbonyl (C=O) groups is 5. The highest BCUT2D eigenvalue weighted by molar-refractivity contribution is 7.78. The maximum atomic E-state index is 13.7. The van der Waals surface area contributed by atoms with Crippen LogP contribution in [0.5, 0.6) is 23.0 Å². The van der Waals surface area contributed by atoms with Gasteiger partial charge in [0.2, 0.25) is 0 Å². The van der Waals surface area contributed by atoms with Crippen molar-refractivity contribution in [2.45, 2.75) is 132 Å². The molecule has 0 aliphatic carbocycles. The van der Waals surface area contributed by atoms with Crippen molar-refractivity contribution in [2.75, 3.05) is 63.9 Å². The van der Waals surface area contributed by atoms with Crippen molar-refractivity contribution < 1.29 is 66.7 Å². The van der Waals surface area contributed by atoms with Crippen LogP contribution in [-0.4, -0.2) is 157 Å². The number of anilines is 2. The fraction of sp³-hybridized carbons (Fsp3) is 0.333. The maximum Gasteiger partial charge on any atom is 0.382 e. The second-order valence-corrected chi connectivity index (χ2v) is 29.1. The number of phenols is 1. The number of benzene rings is 7. The van der Waals surface area contributed by atoms with Crippen LogP contribution < -0.4 is 56.1 Å². The summed E-state index contributed by atoms with van der Waals surface area (Å²) < 4.78 is 48.7. The average Bonchev–Trinajstić information content (AvgIpc) is 1.61. The lowest BCUT2D eigenvalue weighted by atomic mass is 10.0. The Labute approximate surface area is 698 Å². The predicted molar refractivity (Wildman–Crippen MR) is 455 cm³/mol. The van der Waals surface area contributed by atoms with Gasteiger partial charge in [-0.2, -0.15) is 18.0 Å². The van der Waals surface area contributed by atoms with Crippen molar-refractivity contribution in [2.24, 2.45) is 0 Å². The van der Waals surface area contributed by atoms with Crippen molar-refractivity contribution in [1.82, 2.24) is 63.5 Å². The number of aromatic amines is 2. The molecule has 32 nitrogen and oxygen atoms in total. The molecule has 632 valence electrons. The number of ketones is 1. The van der Waals surface area contributed by atoms with Crippen LogP contribution in [-0.2, 0) is 36.9 Å². The van der Waals surface area contributed by atoms with E-state index >= 15 is 0 Å². The zero-order chi connectivity index (χ0) is 85.1. The highest BCUT2D eigenvalue weighted by Gasteiger charge is 2.36. The van der Waals surface area contributed by atoms with Crippen LogP contribution in [0.2, 0.25) is 10.0 Å². The Kier molecular flexibility index (Phi) is 34.9. The van der Waals surface area contributed by atoms with E-state index in [2.05, 4.69) is 57.8 Å². The molecule has 12 rings (SSSR count). The van der Waals surface area contributed by atoms with E-state index in [-0.39, 0.29) is 88.4 Å². The Bertz CT molecular complexity index is 5670. The molecular weight excluding hydrogens is 1590 g/mol. The van der Waals surface area contributed by atoms with Gasteiger partial charge in [0.1, 0.15) is 36.1 Å². The topological polar surface area (TPSA) is 416 Å². The molecule has 9 N–H and O–H groups in total. The number of aromatic nitrogens is 11. The van der Waals surface area contributed by atoms with E-state index < -0.39 is 46.5 Å². The number of halogens is 2. The number of aromatic hydroxyl groups is 1. The van der Waals surface area contributed by atoms with Gasteiger partial charge in [-0.3, -0.25) is 39.0 Å². The predicted octanol–water partition coefficient (Wildman–Crippen LogP) is 11.4. The van der Waals surface area contributed by atoms with Gasteiger partial charge in [0.25, 0.3) is 40.3 Å². The van der Waals surface area contributed by atoms with E-state index in [1.807, 2.05) is 72.7 Å². The third-order valence-electron chi connectivity index (χ3n) is 18.2. The van der Waals surface area contributed by atoms with Gasteiger partial charge in [-0.15, -0.1) is 5.10 Å². The SMILES string of the molecule is CCCCCCC(Oc1ccc(C)cc1C)C(=O)Nc1ccc(OCCOCC)c(OS(=O)NCC(C)c2nc3c(Cl)c(C)[nH]n3n2)c1.CCOn1c(=O)n(C(C(=O)Nc2cc(C)ccc2Cl)C(=O)c2ccc(C)cc2)c(=O)n1Cc1ccccc1.COCCCNC(=O)c1ccc2c(C=O)cccc2c1O.Cc1cc(=O)n2[nH]cnc2n1.O. The fourth-order valence-electron chi connectivity index (χ4n) is 12.1. The molecule has 0 aliphatic rings. The molecule has 0 spiro atoms. The van der Waals surface area contributed by atoms with Gasteiger partial charge in [-0.25, -0.2) is 33.8 Å². The smallest absolute Gasteiger partial charge is 0.382 e. The number of hydrogen-bond donors (Lipinski definition) is 7. The Balaban J connectivity index is 0.000000218. The van der Waals surface area contributed by atoms with Gasteiger partial charge in [-0.1, -0.05) is 169 Å². The van der Waals surface area contributed by atoms with Gasteiger partial charge in [-0.05, 0) is 133 Å². The number of unbranched alkanes of at least 4 members (excludes halogenated alkanes) is 3. The maximum absolute atomic E-state index is 13.7. The summed E-state index contributed by atoms with van der Waals surface area (Å²) in [6.45, 7) is 21.4. The molecule has 5 aromatic heterocycles. The van der Waals surface area contributed by atoms with E-state index in [1.54, 1.807) is 130 Å². The van der Waals surface area contributed by atoms with Crippen molar-refractivity contribution in [3.05, 3.63) is 255 Å². The minimum absolute atomic E-state index is 0. The number of nitrogens with one attached hydrogen (secondary N) is 6. The van der Waals surface area contributed by atoms with Crippen LogP contribution in [0.1, 0.15) is 154 Å². The number of carbonyl (C=O) groups excluding carboxylic acids is 5. The van der Waals surface area contributed by atoms with E-state index in [1.165, 1.54) is 27.6 Å². The zero-order valence-electron chi connectivity index (χ0n) is 67.9. The molecule has 12 aromatic rings. The molecule has 3 amide bonds. The van der Waals surface area contributed by atoms with Crippen LogP contribution in [0.4, 0.5) is 11.4 Å². The molecule has 0 bridgehead atoms. The summed E-state index contributed by atoms with van der Waals surface area (Å²) in [4.78, 5) is 121. The number of aryl methyl sites for hydroxylation is 6. The molecular formula is C84H99Cl2N15O17S. The lowest BCUT2D eigenvalue weighted by molar-refractivity contribution is -0.123. The number of methoxy groups -OCH3 is 1. The lowest BCUT2D eigenvalue weighted by Crippen LogP contribution is -2.43. The average molecular weight is 1690 g/mol. The summed E-state index contributed by atoms with van der Waals surface area (Å²) in [6, 6.07) is 39.2. The first-order valence-corrected chi connectivity index (χ1v) is 40.1. The van der Waals surface area contributed by atoms with E-state index in [0.29, 0.717) is 105 Å². The summed E-state index contributed by atoms with van der Waals surface area (Å²) in [5.41, 5.74) is 6.09. The highest BCUT2D eigenvalue weighted by Crippen LogP contribution is 2.34. The largest absolute Gasteiger partial charge is 0.506 e. The molecule has 4 atom stereocenters. The summed E-state index contributed by atoms with van der Waals surface area (Å²) in [6.07, 6.45) is 6.79. The number of nitrogens with zero attached hydrogens (tertiary/aromatic N) is 9. The number of ether oxygens (including phenoxy) is 4. The van der Waals surface area contributed by atoms with Crippen molar-refractivity contribution in [3.8, 4) is 23.0 Å². The van der Waals surface area contributed by atoms with Crippen LogP contribution in [0.25, 0.3) is 22.2 Å². The molecule has 0 fully saturated rings. The fourth-order valence-corrected chi connectivity index (χ4v) is 13.1. The Morgan fingerprint density at radius 1 is 0.723 bits per heavy atom. The summed E-state index contributed by atoms with van der Waals surface area (Å²) in [7, 11) is 1.60. The monoisotopic (exact) mass is 1690 g/mol. The minimum atomic E-state index is -1.96. The number of hydrogen-bond acceptors (Lipinski definition) is 20. The lowest BCUT2D eigenvalue weighted by Gasteiger charge is -2.21. The Morgan fingerprint density at radius 3 is 2.16 bits per heavy atom. The van der Waals surface area contributed by atoms with Crippen LogP contribution in [0.3, 0.4) is 0 Å². The number of phenolic OH excluding ortho intramolecular Hbond substituents is 1. The Morgan fingerprint density at radius 2 is 1.45 bits per heavy atom. The first kappa shape index (κ1) is 92.4. The number of amides is 3. The van der Waals surface area contributed by atoms with Crippen LogP contribution in [0, 0.1) is 41.5 Å². The number of aldehydes is 1. The molecule has 0 radical (unpaired) electrons. The Hall–Kier alpha value is -12.1. The van der Waals surface area contributed by atoms with Crippen LogP contribution >= 0.6 is 23.2 Å². The number of H-pyrrole nitrogens is 2. The number of rotatable bonds is 35. The normalized spacial score (nSPS) is 11.9. The van der Waals surface area contributed by atoms with Gasteiger partial charge in [0.05, 0.1) is 35.1 Å². The third-order valence-corrected chi connectivity index (χ3v) is 19.7. The van der Waals surface area contributed by atoms with Gasteiger partial charge in [0.15, 0.2) is 47.2 Å².